The summed E-state index contributed by atoms with van der Waals surface area (Å²) in [4.78, 5) is 11.1. The van der Waals surface area contributed by atoms with Gasteiger partial charge in [0.2, 0.25) is 0 Å². The summed E-state index contributed by atoms with van der Waals surface area (Å²) in [7, 11) is 0. The number of allylic oxidation sites excluding steroid dienone is 4. The highest BCUT2D eigenvalue weighted by atomic mass is 16.1. The second kappa shape index (κ2) is 16.2. The minimum absolute atomic E-state index is 0.365. The Morgan fingerprint density at radius 2 is 1.35 bits per heavy atom. The van der Waals surface area contributed by atoms with Crippen LogP contribution >= 0.6 is 0 Å². The highest BCUT2D eigenvalue weighted by Gasteiger charge is 1.93. The third-order valence-electron chi connectivity index (χ3n) is 3.56. The Hall–Kier alpha value is -0.850. The van der Waals surface area contributed by atoms with Gasteiger partial charge in [0, 0.05) is 12.8 Å². The summed E-state index contributed by atoms with van der Waals surface area (Å²) >= 11 is 0. The molecule has 1 nitrogen and oxygen atoms in total. The SMILES string of the molecule is CCCCCCCCCC=CCC=CCCC(=O)CC. The zero-order valence-electron chi connectivity index (χ0n) is 13.7. The topological polar surface area (TPSA) is 17.1 Å². The number of carbonyl (C=O) groups excluding carboxylic acids is 1. The molecule has 20 heavy (non-hydrogen) atoms. The highest BCUT2D eigenvalue weighted by Crippen LogP contribution is 2.08. The zero-order chi connectivity index (χ0) is 14.9. The maximum absolute atomic E-state index is 11.1. The van der Waals surface area contributed by atoms with E-state index in [-0.39, 0.29) is 0 Å². The smallest absolute Gasteiger partial charge is 0.132 e. The molecule has 0 unspecified atom stereocenters. The predicted molar refractivity (Wildman–Crippen MR) is 90.0 cm³/mol. The Morgan fingerprint density at radius 1 is 0.750 bits per heavy atom. The molecule has 0 radical (unpaired) electrons. The maximum Gasteiger partial charge on any atom is 0.132 e. The lowest BCUT2D eigenvalue weighted by Crippen LogP contribution is -1.92. The van der Waals surface area contributed by atoms with E-state index in [2.05, 4.69) is 31.2 Å². The number of carbonyl (C=O) groups is 1. The first kappa shape index (κ1) is 19.1. The molecule has 0 saturated carbocycles. The quantitative estimate of drug-likeness (QED) is 0.266. The van der Waals surface area contributed by atoms with Gasteiger partial charge in [-0.1, -0.05) is 76.7 Å². The van der Waals surface area contributed by atoms with Crippen molar-refractivity contribution in [2.24, 2.45) is 0 Å². The van der Waals surface area contributed by atoms with E-state index < -0.39 is 0 Å². The van der Waals surface area contributed by atoms with E-state index in [9.17, 15) is 4.79 Å². The molecular formula is C19H34O. The van der Waals surface area contributed by atoms with Crippen molar-refractivity contribution in [2.45, 2.75) is 90.9 Å². The Kier molecular flexibility index (Phi) is 15.5. The van der Waals surface area contributed by atoms with Crippen LogP contribution in [0.25, 0.3) is 0 Å². The van der Waals surface area contributed by atoms with Crippen LogP contribution in [0.4, 0.5) is 0 Å². The first-order valence-electron chi connectivity index (χ1n) is 8.63. The molecule has 0 aromatic carbocycles. The molecule has 0 bridgehead atoms. The van der Waals surface area contributed by atoms with Crippen molar-refractivity contribution in [1.29, 1.82) is 0 Å². The molecule has 0 aliphatic carbocycles. The van der Waals surface area contributed by atoms with E-state index in [1.807, 2.05) is 6.92 Å². The van der Waals surface area contributed by atoms with Gasteiger partial charge in [-0.2, -0.15) is 0 Å². The fraction of sp³-hybridized carbons (Fsp3) is 0.737. The predicted octanol–water partition coefficient (Wildman–Crippen LogP) is 6.39. The summed E-state index contributed by atoms with van der Waals surface area (Å²) in [6.07, 6.45) is 23.0. The van der Waals surface area contributed by atoms with Gasteiger partial charge in [0.05, 0.1) is 0 Å². The molecule has 0 spiro atoms. The van der Waals surface area contributed by atoms with Crippen molar-refractivity contribution in [3.05, 3.63) is 24.3 Å². The Balaban J connectivity index is 3.23. The van der Waals surface area contributed by atoms with E-state index in [0.717, 1.165) is 12.8 Å². The molecule has 0 rings (SSSR count). The molecule has 0 N–H and O–H groups in total. The number of Topliss-reactive ketones (excluding diaryl/α,β-unsaturated/α-hetero) is 1. The van der Waals surface area contributed by atoms with Crippen molar-refractivity contribution >= 4 is 5.78 Å². The highest BCUT2D eigenvalue weighted by molar-refractivity contribution is 5.78. The van der Waals surface area contributed by atoms with Gasteiger partial charge in [0.15, 0.2) is 0 Å². The lowest BCUT2D eigenvalue weighted by molar-refractivity contribution is -0.118. The van der Waals surface area contributed by atoms with Gasteiger partial charge in [-0.3, -0.25) is 4.79 Å². The monoisotopic (exact) mass is 278 g/mol. The van der Waals surface area contributed by atoms with Crippen molar-refractivity contribution in [3.63, 3.8) is 0 Å². The summed E-state index contributed by atoms with van der Waals surface area (Å²) in [5.41, 5.74) is 0. The van der Waals surface area contributed by atoms with Crippen LogP contribution in [-0.4, -0.2) is 5.78 Å². The van der Waals surface area contributed by atoms with Crippen LogP contribution in [-0.2, 0) is 4.79 Å². The van der Waals surface area contributed by atoms with Crippen LogP contribution in [0.3, 0.4) is 0 Å². The number of rotatable bonds is 14. The number of hydrogen-bond acceptors (Lipinski definition) is 1. The van der Waals surface area contributed by atoms with E-state index in [0.29, 0.717) is 18.6 Å². The first-order valence-corrected chi connectivity index (χ1v) is 8.63. The molecule has 0 aromatic heterocycles. The van der Waals surface area contributed by atoms with E-state index in [1.165, 1.54) is 51.4 Å². The van der Waals surface area contributed by atoms with Gasteiger partial charge >= 0.3 is 0 Å². The van der Waals surface area contributed by atoms with Crippen LogP contribution in [0.1, 0.15) is 90.9 Å². The molecule has 0 saturated heterocycles. The molecule has 1 heteroatoms. The van der Waals surface area contributed by atoms with Crippen molar-refractivity contribution in [1.82, 2.24) is 0 Å². The van der Waals surface area contributed by atoms with Gasteiger partial charge in [0.25, 0.3) is 0 Å². The molecule has 116 valence electrons. The Morgan fingerprint density at radius 3 is 2.00 bits per heavy atom. The summed E-state index contributed by atoms with van der Waals surface area (Å²) in [6.45, 7) is 4.19. The lowest BCUT2D eigenvalue weighted by Gasteiger charge is -1.98. The summed E-state index contributed by atoms with van der Waals surface area (Å²) in [6, 6.07) is 0. The minimum atomic E-state index is 0.365. The van der Waals surface area contributed by atoms with Crippen LogP contribution < -0.4 is 0 Å². The Bertz CT molecular complexity index is 263. The third kappa shape index (κ3) is 15.2. The van der Waals surface area contributed by atoms with Crippen molar-refractivity contribution < 1.29 is 4.79 Å². The largest absolute Gasteiger partial charge is 0.300 e. The summed E-state index contributed by atoms with van der Waals surface area (Å²) in [5.74, 6) is 0.365. The maximum atomic E-state index is 11.1. The molecule has 0 fully saturated rings. The number of ketones is 1. The van der Waals surface area contributed by atoms with Crippen LogP contribution in [0.15, 0.2) is 24.3 Å². The van der Waals surface area contributed by atoms with Gasteiger partial charge in [0.1, 0.15) is 5.78 Å². The third-order valence-corrected chi connectivity index (χ3v) is 3.56. The second-order valence-electron chi connectivity index (χ2n) is 5.52. The van der Waals surface area contributed by atoms with E-state index >= 15 is 0 Å². The standard InChI is InChI=1S/C19H34O/c1-3-5-6-7-8-9-10-11-12-13-14-15-16-17-18-19(20)4-2/h12-13,15-16H,3-11,14,17-18H2,1-2H3. The number of unbranched alkanes of at least 4 members (excludes halogenated alkanes) is 7. The number of hydrogen-bond donors (Lipinski definition) is 0. The van der Waals surface area contributed by atoms with Crippen molar-refractivity contribution in [3.8, 4) is 0 Å². The zero-order valence-corrected chi connectivity index (χ0v) is 13.7. The van der Waals surface area contributed by atoms with E-state index in [1.54, 1.807) is 0 Å². The first-order chi connectivity index (χ1) is 9.81. The van der Waals surface area contributed by atoms with Gasteiger partial charge in [-0.25, -0.2) is 0 Å². The van der Waals surface area contributed by atoms with Gasteiger partial charge < -0.3 is 0 Å². The lowest BCUT2D eigenvalue weighted by atomic mass is 10.1. The molecule has 0 amide bonds. The average molecular weight is 278 g/mol. The van der Waals surface area contributed by atoms with Gasteiger partial charge in [-0.05, 0) is 25.7 Å². The Labute approximate surface area is 126 Å². The van der Waals surface area contributed by atoms with E-state index in [4.69, 9.17) is 0 Å². The summed E-state index contributed by atoms with van der Waals surface area (Å²) < 4.78 is 0. The minimum Gasteiger partial charge on any atom is -0.300 e. The van der Waals surface area contributed by atoms with Crippen molar-refractivity contribution in [2.75, 3.05) is 0 Å². The van der Waals surface area contributed by atoms with Crippen LogP contribution in [0.2, 0.25) is 0 Å². The van der Waals surface area contributed by atoms with Crippen LogP contribution in [0.5, 0.6) is 0 Å². The normalized spacial score (nSPS) is 11.7. The fourth-order valence-corrected chi connectivity index (χ4v) is 2.15. The molecule has 0 aliphatic rings. The second-order valence-corrected chi connectivity index (χ2v) is 5.52. The average Bonchev–Trinajstić information content (AvgIpc) is 2.47. The molecular weight excluding hydrogens is 244 g/mol. The molecule has 0 aliphatic heterocycles. The molecule has 0 aromatic rings. The van der Waals surface area contributed by atoms with Crippen LogP contribution in [0, 0.1) is 0 Å². The molecule has 0 atom stereocenters. The van der Waals surface area contributed by atoms with Gasteiger partial charge in [-0.15, -0.1) is 0 Å². The fourth-order valence-electron chi connectivity index (χ4n) is 2.15. The molecule has 0 heterocycles. The summed E-state index contributed by atoms with van der Waals surface area (Å²) in [5, 5.41) is 0.